The van der Waals surface area contributed by atoms with Crippen molar-refractivity contribution in [3.05, 3.63) is 102 Å². The summed E-state index contributed by atoms with van der Waals surface area (Å²) in [5, 5.41) is 0. The van der Waals surface area contributed by atoms with Crippen molar-refractivity contribution in [3.8, 4) is 0 Å². The van der Waals surface area contributed by atoms with E-state index in [4.69, 9.17) is 0 Å². The summed E-state index contributed by atoms with van der Waals surface area (Å²) in [5.74, 6) is -0.448. The van der Waals surface area contributed by atoms with Gasteiger partial charge in [-0.1, -0.05) is 30.3 Å². The van der Waals surface area contributed by atoms with Crippen LogP contribution in [0.4, 0.5) is 10.1 Å². The third-order valence-electron chi connectivity index (χ3n) is 4.00. The number of nitrogens with zero attached hydrogens (tertiary/aromatic N) is 3. The number of para-hydroxylation sites is 1. The number of hydrogen-bond donors (Lipinski definition) is 0. The summed E-state index contributed by atoms with van der Waals surface area (Å²) in [7, 11) is 0. The van der Waals surface area contributed by atoms with Gasteiger partial charge in [-0.15, -0.1) is 0 Å². The van der Waals surface area contributed by atoms with E-state index in [0.717, 1.165) is 5.56 Å². The van der Waals surface area contributed by atoms with E-state index in [0.29, 0.717) is 5.69 Å². The van der Waals surface area contributed by atoms with Crippen molar-refractivity contribution in [3.63, 3.8) is 0 Å². The number of rotatable bonds is 3. The van der Waals surface area contributed by atoms with E-state index in [1.54, 1.807) is 60.9 Å². The first-order chi connectivity index (χ1) is 12.7. The lowest BCUT2D eigenvalue weighted by atomic mass is 10.1. The second kappa shape index (κ2) is 6.72. The molecular formula is C21H14FN3O. The van der Waals surface area contributed by atoms with Gasteiger partial charge in [-0.2, -0.15) is 0 Å². The van der Waals surface area contributed by atoms with Gasteiger partial charge in [0, 0.05) is 12.4 Å². The fourth-order valence-corrected chi connectivity index (χ4v) is 2.77. The van der Waals surface area contributed by atoms with Gasteiger partial charge < -0.3 is 0 Å². The van der Waals surface area contributed by atoms with Crippen LogP contribution in [0.3, 0.4) is 0 Å². The molecule has 0 saturated carbocycles. The van der Waals surface area contributed by atoms with E-state index in [2.05, 4.69) is 9.98 Å². The van der Waals surface area contributed by atoms with E-state index < -0.39 is 5.82 Å². The molecule has 0 saturated heterocycles. The number of halogens is 1. The van der Waals surface area contributed by atoms with Gasteiger partial charge in [0.05, 0.1) is 11.3 Å². The second-order valence-corrected chi connectivity index (χ2v) is 5.70. The van der Waals surface area contributed by atoms with Gasteiger partial charge in [0.1, 0.15) is 11.5 Å². The molecule has 1 aliphatic heterocycles. The van der Waals surface area contributed by atoms with Gasteiger partial charge in [-0.25, -0.2) is 9.38 Å². The molecule has 0 atom stereocenters. The maximum Gasteiger partial charge on any atom is 0.282 e. The Morgan fingerprint density at radius 2 is 1.58 bits per heavy atom. The lowest BCUT2D eigenvalue weighted by Gasteiger charge is -2.18. The number of aromatic nitrogens is 1. The Balaban J connectivity index is 1.86. The molecule has 0 aliphatic carbocycles. The van der Waals surface area contributed by atoms with Gasteiger partial charge >= 0.3 is 0 Å². The first kappa shape index (κ1) is 15.9. The third kappa shape index (κ3) is 2.91. The van der Waals surface area contributed by atoms with E-state index in [1.165, 1.54) is 11.0 Å². The lowest BCUT2D eigenvalue weighted by molar-refractivity contribution is -0.113. The van der Waals surface area contributed by atoms with Gasteiger partial charge in [-0.05, 0) is 48.0 Å². The summed E-state index contributed by atoms with van der Waals surface area (Å²) in [4.78, 5) is 22.9. The molecule has 3 aromatic rings. The summed E-state index contributed by atoms with van der Waals surface area (Å²) in [5.41, 5.74) is 1.97. The van der Waals surface area contributed by atoms with E-state index in [1.807, 2.05) is 18.2 Å². The summed E-state index contributed by atoms with van der Waals surface area (Å²) in [6.45, 7) is 0. The third-order valence-corrected chi connectivity index (χ3v) is 4.00. The summed E-state index contributed by atoms with van der Waals surface area (Å²) >= 11 is 0. The number of aliphatic imine (C=N–C) groups is 1. The summed E-state index contributed by atoms with van der Waals surface area (Å²) < 4.78 is 14.4. The highest BCUT2D eigenvalue weighted by molar-refractivity contribution is 6.33. The van der Waals surface area contributed by atoms with Crippen LogP contribution < -0.4 is 4.90 Å². The zero-order valence-electron chi connectivity index (χ0n) is 13.7. The van der Waals surface area contributed by atoms with Crippen molar-refractivity contribution in [2.75, 3.05) is 4.90 Å². The fourth-order valence-electron chi connectivity index (χ4n) is 2.77. The monoisotopic (exact) mass is 343 g/mol. The molecule has 1 aliphatic rings. The Morgan fingerprint density at radius 1 is 0.885 bits per heavy atom. The molecule has 0 fully saturated rings. The Hall–Kier alpha value is -3.60. The van der Waals surface area contributed by atoms with Crippen LogP contribution in [0.5, 0.6) is 0 Å². The van der Waals surface area contributed by atoms with Crippen LogP contribution in [-0.2, 0) is 4.79 Å². The van der Waals surface area contributed by atoms with Gasteiger partial charge in [0.15, 0.2) is 5.84 Å². The molecule has 0 N–H and O–H groups in total. The average molecular weight is 343 g/mol. The van der Waals surface area contributed by atoms with Crippen LogP contribution in [0.1, 0.15) is 11.1 Å². The van der Waals surface area contributed by atoms with E-state index in [-0.39, 0.29) is 23.0 Å². The number of amides is 1. The SMILES string of the molecule is O=C1/C(=C\c2ccncc2)N=C(c2ccccc2F)N1c1ccccc1. The highest BCUT2D eigenvalue weighted by atomic mass is 19.1. The van der Waals surface area contributed by atoms with Crippen molar-refractivity contribution >= 4 is 23.5 Å². The first-order valence-electron chi connectivity index (χ1n) is 8.09. The number of pyridine rings is 1. The molecule has 0 bridgehead atoms. The lowest BCUT2D eigenvalue weighted by Crippen LogP contribution is -2.33. The van der Waals surface area contributed by atoms with Crippen LogP contribution in [0.25, 0.3) is 6.08 Å². The molecule has 126 valence electrons. The molecule has 2 heterocycles. The predicted octanol–water partition coefficient (Wildman–Crippen LogP) is 4.06. The van der Waals surface area contributed by atoms with Crippen molar-refractivity contribution in [2.45, 2.75) is 0 Å². The molecule has 5 heteroatoms. The van der Waals surface area contributed by atoms with Crippen LogP contribution in [0, 0.1) is 5.82 Å². The minimum Gasteiger partial charge on any atom is -0.266 e. The summed E-state index contributed by atoms with van der Waals surface area (Å²) in [6.07, 6.45) is 4.96. The van der Waals surface area contributed by atoms with Crippen molar-refractivity contribution in [1.82, 2.24) is 4.98 Å². The van der Waals surface area contributed by atoms with Gasteiger partial charge in [-0.3, -0.25) is 14.7 Å². The topological polar surface area (TPSA) is 45.6 Å². The average Bonchev–Trinajstić information content (AvgIpc) is 3.00. The highest BCUT2D eigenvalue weighted by Crippen LogP contribution is 2.28. The number of amidine groups is 1. The molecule has 4 nitrogen and oxygen atoms in total. The Labute approximate surface area is 150 Å². The standard InChI is InChI=1S/C21H14FN3O/c22-18-9-5-4-8-17(18)20-24-19(14-15-10-12-23-13-11-15)21(26)25(20)16-6-2-1-3-7-16/h1-14H/b19-14+. The van der Waals surface area contributed by atoms with Crippen LogP contribution in [0.15, 0.2) is 89.8 Å². The fraction of sp³-hybridized carbons (Fsp3) is 0. The Kier molecular flexibility index (Phi) is 4.11. The minimum absolute atomic E-state index is 0.248. The minimum atomic E-state index is -0.426. The number of carbonyl (C=O) groups excluding carboxylic acids is 1. The molecule has 1 amide bonds. The molecule has 0 spiro atoms. The Morgan fingerprint density at radius 3 is 2.31 bits per heavy atom. The molecule has 1 aromatic heterocycles. The molecule has 26 heavy (non-hydrogen) atoms. The molecule has 2 aromatic carbocycles. The predicted molar refractivity (Wildman–Crippen MR) is 99.1 cm³/mol. The molecule has 4 rings (SSSR count). The smallest absolute Gasteiger partial charge is 0.266 e. The number of benzene rings is 2. The largest absolute Gasteiger partial charge is 0.282 e. The molecule has 0 radical (unpaired) electrons. The van der Waals surface area contributed by atoms with Crippen LogP contribution in [0.2, 0.25) is 0 Å². The van der Waals surface area contributed by atoms with Crippen molar-refractivity contribution < 1.29 is 9.18 Å². The highest BCUT2D eigenvalue weighted by Gasteiger charge is 2.33. The quantitative estimate of drug-likeness (QED) is 0.673. The maximum absolute atomic E-state index is 14.4. The number of anilines is 1. The van der Waals surface area contributed by atoms with Crippen molar-refractivity contribution in [1.29, 1.82) is 0 Å². The number of carbonyl (C=O) groups is 1. The summed E-state index contributed by atoms with van der Waals surface area (Å²) in [6, 6.07) is 19.0. The normalized spacial score (nSPS) is 15.4. The van der Waals surface area contributed by atoms with Crippen LogP contribution in [-0.4, -0.2) is 16.7 Å². The van der Waals surface area contributed by atoms with Crippen LogP contribution >= 0.6 is 0 Å². The second-order valence-electron chi connectivity index (χ2n) is 5.70. The first-order valence-corrected chi connectivity index (χ1v) is 8.09. The molecular weight excluding hydrogens is 329 g/mol. The zero-order valence-corrected chi connectivity index (χ0v) is 13.7. The van der Waals surface area contributed by atoms with E-state index >= 15 is 0 Å². The van der Waals surface area contributed by atoms with Gasteiger partial charge in [0.25, 0.3) is 5.91 Å². The van der Waals surface area contributed by atoms with Crippen molar-refractivity contribution in [2.24, 2.45) is 4.99 Å². The van der Waals surface area contributed by atoms with Gasteiger partial charge in [0.2, 0.25) is 0 Å². The number of hydrogen-bond acceptors (Lipinski definition) is 3. The molecule has 0 unspecified atom stereocenters. The Bertz CT molecular complexity index is 1010. The maximum atomic E-state index is 14.4. The van der Waals surface area contributed by atoms with E-state index in [9.17, 15) is 9.18 Å². The zero-order chi connectivity index (χ0) is 17.9.